The number of carbonyl (C=O) groups is 3. The number of carbonyl (C=O) groups excluding carboxylic acids is 3. The van der Waals surface area contributed by atoms with Crippen LogP contribution < -0.4 is 16.4 Å². The number of rotatable bonds is 8. The van der Waals surface area contributed by atoms with Crippen molar-refractivity contribution in [3.63, 3.8) is 0 Å². The maximum Gasteiger partial charge on any atom is 0.305 e. The maximum atomic E-state index is 13.4. The molecular weight excluding hydrogens is 371 g/mol. The topological polar surface area (TPSA) is 144 Å². The molecule has 0 unspecified atom stereocenters. The number of halogens is 1. The molecule has 2 aromatic rings. The van der Waals surface area contributed by atoms with E-state index in [1.807, 2.05) is 0 Å². The van der Waals surface area contributed by atoms with Crippen molar-refractivity contribution in [2.24, 2.45) is 5.73 Å². The van der Waals surface area contributed by atoms with E-state index in [0.29, 0.717) is 5.56 Å². The third-order valence-corrected chi connectivity index (χ3v) is 3.77. The van der Waals surface area contributed by atoms with Gasteiger partial charge in [-0.05, 0) is 23.8 Å². The van der Waals surface area contributed by atoms with E-state index in [1.54, 1.807) is 30.3 Å². The maximum absolute atomic E-state index is 13.4. The highest BCUT2D eigenvalue weighted by molar-refractivity contribution is 5.97. The monoisotopic (exact) mass is 388 g/mol. The van der Waals surface area contributed by atoms with E-state index < -0.39 is 46.7 Å². The molecule has 0 radical (unpaired) electrons. The number of benzene rings is 2. The predicted octanol–water partition coefficient (Wildman–Crippen LogP) is 0.676. The van der Waals surface area contributed by atoms with Gasteiger partial charge >= 0.3 is 5.69 Å². The lowest BCUT2D eigenvalue weighted by Crippen LogP contribution is -2.49. The number of nitro groups is 1. The second-order valence-electron chi connectivity index (χ2n) is 5.82. The number of hydrogen-bond acceptors (Lipinski definition) is 5. The molecule has 10 heteroatoms. The molecule has 0 aliphatic rings. The van der Waals surface area contributed by atoms with Crippen LogP contribution in [0, 0.1) is 15.9 Å². The van der Waals surface area contributed by atoms with Gasteiger partial charge in [0, 0.05) is 18.1 Å². The average molecular weight is 388 g/mol. The quantitative estimate of drug-likeness (QED) is 0.450. The molecule has 1 atom stereocenters. The highest BCUT2D eigenvalue weighted by Crippen LogP contribution is 2.19. The Morgan fingerprint density at radius 1 is 1.14 bits per heavy atom. The van der Waals surface area contributed by atoms with Crippen molar-refractivity contribution < 1.29 is 23.7 Å². The molecule has 146 valence electrons. The van der Waals surface area contributed by atoms with Crippen molar-refractivity contribution in [3.8, 4) is 0 Å². The van der Waals surface area contributed by atoms with Gasteiger partial charge in [0.15, 0.2) is 0 Å². The molecule has 0 aliphatic carbocycles. The van der Waals surface area contributed by atoms with Crippen LogP contribution >= 0.6 is 0 Å². The number of nitrogens with two attached hydrogens (primary N) is 1. The number of nitrogens with zero attached hydrogens (tertiary/aromatic N) is 1. The average Bonchev–Trinajstić information content (AvgIpc) is 2.67. The first-order valence-corrected chi connectivity index (χ1v) is 8.12. The van der Waals surface area contributed by atoms with Crippen LogP contribution in [0.15, 0.2) is 48.5 Å². The summed E-state index contributed by atoms with van der Waals surface area (Å²) in [5.74, 6) is -3.04. The lowest BCUT2D eigenvalue weighted by molar-refractivity contribution is -0.387. The fraction of sp³-hybridized carbons (Fsp3) is 0.167. The molecule has 0 fully saturated rings. The van der Waals surface area contributed by atoms with Crippen LogP contribution in [-0.4, -0.2) is 35.2 Å². The smallest absolute Gasteiger partial charge is 0.305 e. The van der Waals surface area contributed by atoms with Crippen molar-refractivity contribution in [3.05, 3.63) is 75.6 Å². The molecule has 28 heavy (non-hydrogen) atoms. The van der Waals surface area contributed by atoms with Crippen molar-refractivity contribution in [1.82, 2.24) is 10.6 Å². The van der Waals surface area contributed by atoms with Crippen LogP contribution in [0.25, 0.3) is 0 Å². The van der Waals surface area contributed by atoms with Gasteiger partial charge in [-0.15, -0.1) is 0 Å². The van der Waals surface area contributed by atoms with Crippen molar-refractivity contribution in [2.75, 3.05) is 6.54 Å². The summed E-state index contributed by atoms with van der Waals surface area (Å²) in [7, 11) is 0. The first kappa shape index (κ1) is 20.5. The van der Waals surface area contributed by atoms with Crippen molar-refractivity contribution in [1.29, 1.82) is 0 Å². The molecule has 0 heterocycles. The number of hydrogen-bond donors (Lipinski definition) is 3. The first-order chi connectivity index (χ1) is 13.3. The van der Waals surface area contributed by atoms with Gasteiger partial charge in [-0.1, -0.05) is 24.3 Å². The van der Waals surface area contributed by atoms with E-state index in [0.717, 1.165) is 12.1 Å². The van der Waals surface area contributed by atoms with Crippen LogP contribution in [-0.2, 0) is 16.0 Å². The van der Waals surface area contributed by atoms with E-state index in [2.05, 4.69) is 10.6 Å². The summed E-state index contributed by atoms with van der Waals surface area (Å²) in [6.07, 6.45) is -0.172. The minimum atomic E-state index is -1.19. The van der Waals surface area contributed by atoms with Gasteiger partial charge in [-0.3, -0.25) is 24.5 Å². The van der Waals surface area contributed by atoms with Gasteiger partial charge in [0.2, 0.25) is 17.6 Å². The zero-order chi connectivity index (χ0) is 20.7. The number of primary amides is 1. The number of nitro benzene ring substituents is 1. The predicted molar refractivity (Wildman–Crippen MR) is 96.7 cm³/mol. The number of amides is 3. The Balaban J connectivity index is 1.98. The third-order valence-electron chi connectivity index (χ3n) is 3.77. The third kappa shape index (κ3) is 5.59. The van der Waals surface area contributed by atoms with Gasteiger partial charge in [0.25, 0.3) is 5.91 Å². The van der Waals surface area contributed by atoms with Gasteiger partial charge < -0.3 is 16.4 Å². The summed E-state index contributed by atoms with van der Waals surface area (Å²) < 4.78 is 13.4. The molecule has 2 rings (SSSR count). The van der Waals surface area contributed by atoms with Gasteiger partial charge in [-0.25, -0.2) is 0 Å². The molecule has 0 spiro atoms. The van der Waals surface area contributed by atoms with Crippen molar-refractivity contribution in [2.45, 2.75) is 12.5 Å². The Labute approximate surface area is 158 Å². The SMILES string of the molecule is NC(=O)[C@@H](Cc1ccc(F)c([N+](=O)[O-])c1)NC(=O)CNC(=O)c1ccccc1. The van der Waals surface area contributed by atoms with Gasteiger partial charge in [0.1, 0.15) is 6.04 Å². The summed E-state index contributed by atoms with van der Waals surface area (Å²) in [5.41, 5.74) is 5.11. The molecule has 2 aromatic carbocycles. The lowest BCUT2D eigenvalue weighted by Gasteiger charge is -2.16. The zero-order valence-corrected chi connectivity index (χ0v) is 14.6. The highest BCUT2D eigenvalue weighted by atomic mass is 19.1. The minimum absolute atomic E-state index is 0.172. The Morgan fingerprint density at radius 3 is 2.43 bits per heavy atom. The highest BCUT2D eigenvalue weighted by Gasteiger charge is 2.21. The molecule has 0 bridgehead atoms. The zero-order valence-electron chi connectivity index (χ0n) is 14.6. The van der Waals surface area contributed by atoms with E-state index in [9.17, 15) is 28.9 Å². The van der Waals surface area contributed by atoms with Crippen LogP contribution in [0.5, 0.6) is 0 Å². The standard InChI is InChI=1S/C18H17FN4O5/c19-13-7-6-11(9-15(13)23(27)28)8-14(17(20)25)22-16(24)10-21-18(26)12-4-2-1-3-5-12/h1-7,9,14H,8,10H2,(H2,20,25)(H,21,26)(H,22,24)/t14-/m1/s1. The van der Waals surface area contributed by atoms with Crippen LogP contribution in [0.4, 0.5) is 10.1 Å². The minimum Gasteiger partial charge on any atom is -0.368 e. The fourth-order valence-electron chi connectivity index (χ4n) is 2.38. The van der Waals surface area contributed by atoms with Gasteiger partial charge in [0.05, 0.1) is 11.5 Å². The fourth-order valence-corrected chi connectivity index (χ4v) is 2.38. The largest absolute Gasteiger partial charge is 0.368 e. The Hall–Kier alpha value is -3.82. The lowest BCUT2D eigenvalue weighted by atomic mass is 10.0. The Morgan fingerprint density at radius 2 is 1.82 bits per heavy atom. The molecule has 4 N–H and O–H groups in total. The van der Waals surface area contributed by atoms with Crippen LogP contribution in [0.3, 0.4) is 0 Å². The Kier molecular flexibility index (Phi) is 6.74. The molecule has 0 saturated carbocycles. The molecular formula is C18H17FN4O5. The first-order valence-electron chi connectivity index (χ1n) is 8.12. The summed E-state index contributed by atoms with van der Waals surface area (Å²) >= 11 is 0. The van der Waals surface area contributed by atoms with E-state index in [-0.39, 0.29) is 12.0 Å². The van der Waals surface area contributed by atoms with Gasteiger partial charge in [-0.2, -0.15) is 4.39 Å². The number of nitrogens with one attached hydrogen (secondary N) is 2. The van der Waals surface area contributed by atoms with Crippen LogP contribution in [0.2, 0.25) is 0 Å². The second-order valence-corrected chi connectivity index (χ2v) is 5.82. The summed E-state index contributed by atoms with van der Waals surface area (Å²) in [4.78, 5) is 45.4. The van der Waals surface area contributed by atoms with Crippen molar-refractivity contribution >= 4 is 23.4 Å². The van der Waals surface area contributed by atoms with Crippen LogP contribution in [0.1, 0.15) is 15.9 Å². The van der Waals surface area contributed by atoms with E-state index in [4.69, 9.17) is 5.73 Å². The molecule has 0 saturated heterocycles. The summed E-state index contributed by atoms with van der Waals surface area (Å²) in [6, 6.07) is 10.1. The molecule has 0 aliphatic heterocycles. The normalized spacial score (nSPS) is 11.3. The summed E-state index contributed by atoms with van der Waals surface area (Å²) in [5, 5.41) is 15.5. The Bertz CT molecular complexity index is 904. The summed E-state index contributed by atoms with van der Waals surface area (Å²) in [6.45, 7) is -0.402. The second kappa shape index (κ2) is 9.21. The molecule has 9 nitrogen and oxygen atoms in total. The molecule has 0 aromatic heterocycles. The van der Waals surface area contributed by atoms with E-state index >= 15 is 0 Å². The van der Waals surface area contributed by atoms with E-state index in [1.165, 1.54) is 6.07 Å². The molecule has 3 amide bonds.